The summed E-state index contributed by atoms with van der Waals surface area (Å²) < 4.78 is 74.9. The number of amides is 2. The molecule has 232 valence electrons. The number of halogens is 4. The number of carbonyl (C=O) groups excluding carboxylic acids is 2. The van der Waals surface area contributed by atoms with Crippen LogP contribution in [0.2, 0.25) is 0 Å². The molecule has 0 bridgehead atoms. The first-order chi connectivity index (χ1) is 20.9. The highest BCUT2D eigenvalue weighted by Crippen LogP contribution is 2.56. The predicted molar refractivity (Wildman–Crippen MR) is 148 cm³/mol. The van der Waals surface area contributed by atoms with E-state index >= 15 is 0 Å². The van der Waals surface area contributed by atoms with E-state index in [1.54, 1.807) is 0 Å². The summed E-state index contributed by atoms with van der Waals surface area (Å²) in [5.41, 5.74) is -0.133. The van der Waals surface area contributed by atoms with Crippen LogP contribution < -0.4 is 25.3 Å². The lowest BCUT2D eigenvalue weighted by molar-refractivity contribution is -0.265. The maximum absolute atomic E-state index is 14.8. The molecule has 3 aliphatic rings. The van der Waals surface area contributed by atoms with E-state index in [2.05, 4.69) is 10.3 Å². The van der Waals surface area contributed by atoms with E-state index in [0.717, 1.165) is 31.0 Å². The highest BCUT2D eigenvalue weighted by Gasteiger charge is 2.60. The van der Waals surface area contributed by atoms with Gasteiger partial charge < -0.3 is 30.4 Å². The first-order valence-corrected chi connectivity index (χ1v) is 14.0. The molecule has 2 fully saturated rings. The Morgan fingerprint density at radius 1 is 1.09 bits per heavy atom. The lowest BCUT2D eigenvalue weighted by Gasteiger charge is -2.32. The smallest absolute Gasteiger partial charge is 0.424 e. The van der Waals surface area contributed by atoms with Gasteiger partial charge in [-0.2, -0.15) is 13.2 Å². The molecule has 2 amide bonds. The van der Waals surface area contributed by atoms with Crippen LogP contribution in [0.4, 0.5) is 17.6 Å². The Bertz CT molecular complexity index is 1620. The van der Waals surface area contributed by atoms with Crippen LogP contribution in [0.25, 0.3) is 11.3 Å². The Morgan fingerprint density at radius 3 is 2.39 bits per heavy atom. The molecule has 2 heterocycles. The van der Waals surface area contributed by atoms with Crippen molar-refractivity contribution < 1.29 is 46.5 Å². The number of hydrogen-bond acceptors (Lipinski definition) is 7. The van der Waals surface area contributed by atoms with Crippen LogP contribution in [-0.2, 0) is 15.8 Å². The van der Waals surface area contributed by atoms with Crippen molar-refractivity contribution in [2.75, 3.05) is 20.3 Å². The van der Waals surface area contributed by atoms with E-state index in [4.69, 9.17) is 19.9 Å². The van der Waals surface area contributed by atoms with Crippen molar-refractivity contribution in [1.82, 2.24) is 10.3 Å². The van der Waals surface area contributed by atoms with Gasteiger partial charge in [-0.3, -0.25) is 9.59 Å². The molecule has 4 N–H and O–H groups in total. The van der Waals surface area contributed by atoms with Crippen LogP contribution in [0, 0.1) is 11.7 Å². The third kappa shape index (κ3) is 5.08. The third-order valence-electron chi connectivity index (χ3n) is 8.37. The fourth-order valence-electron chi connectivity index (χ4n) is 5.53. The molecule has 0 spiro atoms. The van der Waals surface area contributed by atoms with E-state index in [1.807, 2.05) is 0 Å². The van der Waals surface area contributed by atoms with Gasteiger partial charge in [0.1, 0.15) is 29.3 Å². The van der Waals surface area contributed by atoms with Gasteiger partial charge >= 0.3 is 6.18 Å². The van der Waals surface area contributed by atoms with Gasteiger partial charge in [0.2, 0.25) is 11.5 Å². The third-order valence-corrected chi connectivity index (χ3v) is 8.37. The van der Waals surface area contributed by atoms with Gasteiger partial charge in [-0.25, -0.2) is 9.37 Å². The number of hydrogen-bond donors (Lipinski definition) is 3. The lowest BCUT2D eigenvalue weighted by Crippen LogP contribution is -2.52. The van der Waals surface area contributed by atoms with Crippen molar-refractivity contribution in [3.8, 4) is 28.5 Å². The second-order valence-electron chi connectivity index (χ2n) is 11.4. The number of fused-ring (bicyclic) bond motifs is 1. The number of aliphatic hydroxyl groups is 1. The normalized spacial score (nSPS) is 20.7. The number of nitrogens with one attached hydrogen (secondary N) is 1. The van der Waals surface area contributed by atoms with Crippen molar-refractivity contribution in [1.29, 1.82) is 0 Å². The molecule has 3 aromatic rings. The van der Waals surface area contributed by atoms with Crippen molar-refractivity contribution in [3.63, 3.8) is 0 Å². The van der Waals surface area contributed by atoms with Crippen LogP contribution in [-0.4, -0.2) is 54.4 Å². The van der Waals surface area contributed by atoms with Gasteiger partial charge in [0.05, 0.1) is 25.5 Å². The molecular weight excluding hydrogens is 586 g/mol. The maximum Gasteiger partial charge on any atom is 0.424 e. The molecule has 13 heteroatoms. The van der Waals surface area contributed by atoms with E-state index in [0.29, 0.717) is 18.6 Å². The highest BCUT2D eigenvalue weighted by molar-refractivity contribution is 5.95. The summed E-state index contributed by atoms with van der Waals surface area (Å²) in [5.74, 6) is -1.93. The minimum absolute atomic E-state index is 0.0280. The van der Waals surface area contributed by atoms with Gasteiger partial charge in [-0.05, 0) is 80.1 Å². The molecule has 2 aliphatic carbocycles. The van der Waals surface area contributed by atoms with Gasteiger partial charge in [0.15, 0.2) is 11.5 Å². The lowest BCUT2D eigenvalue weighted by atomic mass is 9.76. The zero-order valence-electron chi connectivity index (χ0n) is 23.5. The minimum atomic E-state index is -5.34. The average Bonchev–Trinajstić information content (AvgIpc) is 3.94. The number of alkyl halides is 3. The Kier molecular flexibility index (Phi) is 7.18. The first kappa shape index (κ1) is 29.7. The topological polar surface area (TPSA) is 133 Å². The fourth-order valence-corrected chi connectivity index (χ4v) is 5.53. The summed E-state index contributed by atoms with van der Waals surface area (Å²) in [4.78, 5) is 30.0. The van der Waals surface area contributed by atoms with E-state index in [9.17, 15) is 32.3 Å². The molecule has 2 aromatic carbocycles. The van der Waals surface area contributed by atoms with E-state index in [1.165, 1.54) is 37.4 Å². The van der Waals surface area contributed by atoms with Crippen LogP contribution in [0.3, 0.4) is 0 Å². The largest absolute Gasteiger partial charge is 0.493 e. The molecular formula is C31H29F4N3O6. The summed E-state index contributed by atoms with van der Waals surface area (Å²) in [6, 6.07) is 9.95. The SMILES string of the molecule is COc1cc(C(=O)NC[C@](O)(c2cc3c(c(-c4ccc(F)cc4)n2)OC[C@@]3(C(N)=O)C2CC2)C(F)(F)F)ccc1OC1CC1. The first-order valence-electron chi connectivity index (χ1n) is 14.0. The van der Waals surface area contributed by atoms with Gasteiger partial charge in [0, 0.05) is 16.7 Å². The number of rotatable bonds is 10. The van der Waals surface area contributed by atoms with E-state index in [-0.39, 0.29) is 52.5 Å². The standard InChI is InChI=1S/C31H29F4N3O6/c1-42-23-12-17(4-11-22(23)44-20-9-10-20)27(39)37-14-30(41,31(33,34)35)24-13-21-26(25(38-24)16-2-7-19(32)8-3-16)43-15-29(21,28(36)40)18-5-6-18/h2-4,7-8,11-13,18,20,41H,5-6,9-10,14-15H2,1H3,(H2,36,40)(H,37,39)/t29-,30+/m1/s1. The molecule has 0 unspecified atom stereocenters. The summed E-state index contributed by atoms with van der Waals surface area (Å²) >= 11 is 0. The molecule has 2 saturated carbocycles. The molecule has 44 heavy (non-hydrogen) atoms. The molecule has 1 aromatic heterocycles. The molecule has 0 saturated heterocycles. The van der Waals surface area contributed by atoms with Crippen molar-refractivity contribution in [2.24, 2.45) is 11.7 Å². The maximum atomic E-state index is 14.8. The summed E-state index contributed by atoms with van der Waals surface area (Å²) in [7, 11) is 1.37. The highest BCUT2D eigenvalue weighted by atomic mass is 19.4. The van der Waals surface area contributed by atoms with E-state index < -0.39 is 47.1 Å². The van der Waals surface area contributed by atoms with Gasteiger partial charge in [0.25, 0.3) is 5.91 Å². The number of nitrogens with zero attached hydrogens (tertiary/aromatic N) is 1. The number of ether oxygens (including phenoxy) is 3. The summed E-state index contributed by atoms with van der Waals surface area (Å²) in [6.07, 6.45) is -2.33. The zero-order valence-corrected chi connectivity index (χ0v) is 23.5. The number of benzene rings is 2. The Hall–Kier alpha value is -4.39. The Morgan fingerprint density at radius 2 is 1.80 bits per heavy atom. The number of pyridine rings is 1. The van der Waals surface area contributed by atoms with Crippen molar-refractivity contribution in [3.05, 3.63) is 71.2 Å². The summed E-state index contributed by atoms with van der Waals surface area (Å²) in [5, 5.41) is 13.5. The predicted octanol–water partition coefficient (Wildman–Crippen LogP) is 4.14. The zero-order chi connectivity index (χ0) is 31.4. The number of primary amides is 1. The Balaban J connectivity index is 1.39. The van der Waals surface area contributed by atoms with Crippen LogP contribution >= 0.6 is 0 Å². The van der Waals surface area contributed by atoms with Crippen LogP contribution in [0.1, 0.15) is 47.3 Å². The molecule has 1 aliphatic heterocycles. The summed E-state index contributed by atoms with van der Waals surface area (Å²) in [6.45, 7) is -1.54. The molecule has 0 radical (unpaired) electrons. The number of methoxy groups -OCH3 is 1. The molecule has 6 rings (SSSR count). The fraction of sp³-hybridized carbons (Fsp3) is 0.387. The number of aromatic nitrogens is 1. The number of nitrogens with two attached hydrogens (primary N) is 1. The van der Waals surface area contributed by atoms with Crippen molar-refractivity contribution >= 4 is 11.8 Å². The van der Waals surface area contributed by atoms with Gasteiger partial charge in [-0.15, -0.1) is 0 Å². The van der Waals surface area contributed by atoms with Gasteiger partial charge in [-0.1, -0.05) is 0 Å². The quantitative estimate of drug-likeness (QED) is 0.292. The number of carbonyl (C=O) groups is 2. The second-order valence-corrected chi connectivity index (χ2v) is 11.4. The molecule has 9 nitrogen and oxygen atoms in total. The van der Waals surface area contributed by atoms with Crippen molar-refractivity contribution in [2.45, 2.75) is 49.0 Å². The second kappa shape index (κ2) is 10.7. The van der Waals surface area contributed by atoms with Crippen LogP contribution in [0.15, 0.2) is 48.5 Å². The minimum Gasteiger partial charge on any atom is -0.493 e. The monoisotopic (exact) mass is 615 g/mol. The Labute approximate surface area is 249 Å². The van der Waals surface area contributed by atoms with Crippen LogP contribution in [0.5, 0.6) is 17.2 Å². The molecule has 2 atom stereocenters. The average molecular weight is 616 g/mol.